The highest BCUT2D eigenvalue weighted by atomic mass is 16.7. The van der Waals surface area contributed by atoms with Gasteiger partial charge in [0, 0.05) is 50.5 Å². The van der Waals surface area contributed by atoms with E-state index in [0.717, 1.165) is 17.6 Å². The number of rotatable bonds is 8. The smallest absolute Gasteiger partial charge is 0.329 e. The lowest BCUT2D eigenvalue weighted by molar-refractivity contribution is -0.302. The van der Waals surface area contributed by atoms with Crippen LogP contribution in [-0.2, 0) is 42.9 Å². The number of azide groups is 1. The summed E-state index contributed by atoms with van der Waals surface area (Å²) in [5, 5.41) is 16.0. The van der Waals surface area contributed by atoms with Crippen molar-refractivity contribution < 1.29 is 48.0 Å². The van der Waals surface area contributed by atoms with Crippen molar-refractivity contribution in [1.29, 1.82) is 0 Å². The maximum Gasteiger partial charge on any atom is 0.329 e. The van der Waals surface area contributed by atoms with E-state index in [9.17, 15) is 24.3 Å². The van der Waals surface area contributed by atoms with E-state index in [1.165, 1.54) is 4.90 Å². The fraction of sp³-hybridized carbons (Fsp3) is 0.818. The van der Waals surface area contributed by atoms with Crippen LogP contribution in [0, 0.1) is 29.6 Å². The molecule has 14 heteroatoms. The fourth-order valence-electron chi connectivity index (χ4n) is 9.73. The van der Waals surface area contributed by atoms with Gasteiger partial charge in [0.05, 0.1) is 24.4 Å². The molecule has 2 bridgehead atoms. The molecule has 3 heterocycles. The number of hydrogen-bond acceptors (Lipinski definition) is 11. The van der Waals surface area contributed by atoms with Crippen LogP contribution in [0.5, 0.6) is 0 Å². The molecule has 13 atom stereocenters. The molecule has 58 heavy (non-hydrogen) atoms. The predicted octanol–water partition coefficient (Wildman–Crippen LogP) is 7.21. The molecule has 1 saturated carbocycles. The fourth-order valence-corrected chi connectivity index (χ4v) is 9.73. The van der Waals surface area contributed by atoms with Crippen molar-refractivity contribution in [3.05, 3.63) is 33.7 Å². The summed E-state index contributed by atoms with van der Waals surface area (Å²) in [6, 6.07) is -1.31. The van der Waals surface area contributed by atoms with Gasteiger partial charge in [-0.05, 0) is 120 Å². The summed E-state index contributed by atoms with van der Waals surface area (Å²) in [6.45, 7) is 14.2. The largest absolute Gasteiger partial charge is 0.456 e. The van der Waals surface area contributed by atoms with Gasteiger partial charge in [0.15, 0.2) is 0 Å². The molecule has 326 valence electrons. The Kier molecular flexibility index (Phi) is 18.0. The highest BCUT2D eigenvalue weighted by Crippen LogP contribution is 2.39. The molecular weight excluding hydrogens is 745 g/mol. The second kappa shape index (κ2) is 21.9. The van der Waals surface area contributed by atoms with Crippen LogP contribution in [0.1, 0.15) is 126 Å². The molecule has 0 aromatic carbocycles. The van der Waals surface area contributed by atoms with Crippen LogP contribution in [0.25, 0.3) is 10.4 Å². The zero-order valence-corrected chi connectivity index (χ0v) is 36.4. The quantitative estimate of drug-likeness (QED) is 0.0655. The first-order valence-electron chi connectivity index (χ1n) is 21.7. The molecule has 0 aromatic heterocycles. The SMILES string of the molecule is CCOC1CC(C=C(C)C2OC(=O)C3CCCCN3C(=O)C(=O)C3(O)OC(C(OC)CC(C)CC(C)=CC(CC)C(=O)CCC2C)C(OC)CC3C)CCC1N=[N+]=[N-]. The Morgan fingerprint density at radius 2 is 1.72 bits per heavy atom. The van der Waals surface area contributed by atoms with Crippen LogP contribution in [0.2, 0.25) is 0 Å². The molecule has 0 spiro atoms. The predicted molar refractivity (Wildman–Crippen MR) is 218 cm³/mol. The highest BCUT2D eigenvalue weighted by Gasteiger charge is 2.56. The van der Waals surface area contributed by atoms with Crippen molar-refractivity contribution >= 4 is 23.4 Å². The molecule has 0 aromatic rings. The minimum absolute atomic E-state index is 0.0715. The van der Waals surface area contributed by atoms with E-state index < -0.39 is 59.8 Å². The number of carbonyl (C=O) groups is 4. The zero-order chi connectivity index (χ0) is 42.7. The molecule has 1 N–H and O–H groups in total. The monoisotopic (exact) mass is 815 g/mol. The summed E-state index contributed by atoms with van der Waals surface area (Å²) in [7, 11) is 3.10. The van der Waals surface area contributed by atoms with Gasteiger partial charge in [-0.2, -0.15) is 0 Å². The normalized spacial score (nSPS) is 38.1. The average molecular weight is 815 g/mol. The van der Waals surface area contributed by atoms with Crippen LogP contribution in [0.15, 0.2) is 28.4 Å². The van der Waals surface area contributed by atoms with Crippen LogP contribution in [-0.4, -0.2) is 109 Å². The van der Waals surface area contributed by atoms with Gasteiger partial charge >= 0.3 is 5.97 Å². The molecule has 0 radical (unpaired) electrons. The van der Waals surface area contributed by atoms with Gasteiger partial charge in [0.2, 0.25) is 5.79 Å². The number of Topliss-reactive ketones (excluding diaryl/α,β-unsaturated/α-hetero) is 2. The summed E-state index contributed by atoms with van der Waals surface area (Å²) in [6.07, 6.45) is 7.67. The maximum atomic E-state index is 14.3. The molecule has 4 aliphatic rings. The number of aliphatic hydroxyl groups is 1. The average Bonchev–Trinajstić information content (AvgIpc) is 3.20. The summed E-state index contributed by atoms with van der Waals surface area (Å²) in [5.41, 5.74) is 11.0. The van der Waals surface area contributed by atoms with Crippen molar-refractivity contribution in [2.24, 2.45) is 34.7 Å². The number of nitrogens with zero attached hydrogens (tertiary/aromatic N) is 4. The van der Waals surface area contributed by atoms with Crippen LogP contribution < -0.4 is 0 Å². The molecular formula is C44H70N4O10. The third kappa shape index (κ3) is 11.6. The summed E-state index contributed by atoms with van der Waals surface area (Å²) < 4.78 is 30.4. The number of ether oxygens (including phenoxy) is 5. The Morgan fingerprint density at radius 1 is 1.02 bits per heavy atom. The number of cyclic esters (lactones) is 1. The lowest BCUT2D eigenvalue weighted by Crippen LogP contribution is -2.64. The van der Waals surface area contributed by atoms with Crippen LogP contribution >= 0.6 is 0 Å². The third-order valence-corrected chi connectivity index (χ3v) is 13.0. The van der Waals surface area contributed by atoms with Gasteiger partial charge < -0.3 is 33.7 Å². The number of hydrogen-bond donors (Lipinski definition) is 1. The topological polar surface area (TPSA) is 187 Å². The van der Waals surface area contributed by atoms with Gasteiger partial charge in [-0.25, -0.2) is 4.79 Å². The Labute approximate surface area is 345 Å². The second-order valence-electron chi connectivity index (χ2n) is 17.5. The summed E-state index contributed by atoms with van der Waals surface area (Å²) in [4.78, 5) is 60.9. The maximum absolute atomic E-state index is 14.3. The van der Waals surface area contributed by atoms with Gasteiger partial charge in [-0.3, -0.25) is 14.4 Å². The number of carbonyl (C=O) groups excluding carboxylic acids is 4. The van der Waals surface area contributed by atoms with E-state index in [1.54, 1.807) is 21.1 Å². The first-order chi connectivity index (χ1) is 27.6. The molecule has 13 unspecified atom stereocenters. The van der Waals surface area contributed by atoms with Gasteiger partial charge in [0.25, 0.3) is 11.7 Å². The standard InChI is InChI=1S/C44H70N4O10/c1-10-32-21-26(3)20-27(4)22-37(54-8)40-38(55-9)24-30(7)44(53,58-40)41(50)42(51)48-19-13-12-14-34(48)43(52)57-39(28(5)15-18-35(32)49)29(6)23-31-16-17-33(46-47-45)36(25-31)56-11-2/h21,23,27-28,30-34,36-40,53H,10-20,22,24-25H2,1-9H3. The van der Waals surface area contributed by atoms with Crippen molar-refractivity contribution in [2.75, 3.05) is 27.4 Å². The number of piperidine rings is 1. The van der Waals surface area contributed by atoms with E-state index in [-0.39, 0.29) is 61.0 Å². The van der Waals surface area contributed by atoms with Crippen molar-refractivity contribution in [3.63, 3.8) is 0 Å². The summed E-state index contributed by atoms with van der Waals surface area (Å²) >= 11 is 0. The number of fused-ring (bicyclic) bond motifs is 3. The van der Waals surface area contributed by atoms with Gasteiger partial charge in [0.1, 0.15) is 24.0 Å². The molecule has 3 fully saturated rings. The lowest BCUT2D eigenvalue weighted by atomic mass is 9.81. The van der Waals surface area contributed by atoms with Crippen LogP contribution in [0.4, 0.5) is 0 Å². The minimum Gasteiger partial charge on any atom is -0.456 e. The molecule has 14 nitrogen and oxygen atoms in total. The molecule has 2 saturated heterocycles. The molecule has 3 aliphatic heterocycles. The van der Waals surface area contributed by atoms with Gasteiger partial charge in [-0.1, -0.05) is 50.5 Å². The number of methoxy groups -OCH3 is 2. The Morgan fingerprint density at radius 3 is 2.38 bits per heavy atom. The highest BCUT2D eigenvalue weighted by molar-refractivity contribution is 6.39. The summed E-state index contributed by atoms with van der Waals surface area (Å²) in [5.74, 6) is -6.28. The van der Waals surface area contributed by atoms with E-state index in [4.69, 9.17) is 29.2 Å². The van der Waals surface area contributed by atoms with E-state index in [0.29, 0.717) is 64.4 Å². The van der Waals surface area contributed by atoms with E-state index in [2.05, 4.69) is 29.1 Å². The third-order valence-electron chi connectivity index (χ3n) is 13.0. The number of esters is 1. The van der Waals surface area contributed by atoms with E-state index in [1.807, 2.05) is 34.6 Å². The zero-order valence-electron chi connectivity index (χ0n) is 36.4. The Balaban J connectivity index is 1.73. The first-order valence-corrected chi connectivity index (χ1v) is 21.7. The molecule has 1 aliphatic carbocycles. The second-order valence-corrected chi connectivity index (χ2v) is 17.5. The van der Waals surface area contributed by atoms with Gasteiger partial charge in [-0.15, -0.1) is 0 Å². The number of ketones is 2. The van der Waals surface area contributed by atoms with E-state index >= 15 is 0 Å². The number of amides is 1. The minimum atomic E-state index is -2.47. The van der Waals surface area contributed by atoms with Crippen molar-refractivity contribution in [3.8, 4) is 0 Å². The van der Waals surface area contributed by atoms with Crippen molar-refractivity contribution in [1.82, 2.24) is 4.90 Å². The van der Waals surface area contributed by atoms with Crippen molar-refractivity contribution in [2.45, 2.75) is 174 Å². The molecule has 4 rings (SSSR count). The number of allylic oxidation sites excluding steroid dienone is 3. The first kappa shape index (κ1) is 47.5. The lowest BCUT2D eigenvalue weighted by Gasteiger charge is -2.47. The Hall–Kier alpha value is -3.13. The molecule has 1 amide bonds. The Bertz CT molecular complexity index is 1550. The van der Waals surface area contributed by atoms with Crippen LogP contribution in [0.3, 0.4) is 0 Å².